The lowest BCUT2D eigenvalue weighted by Crippen LogP contribution is -2.54. The molecule has 7 atom stereocenters. The minimum atomic E-state index is -1.03. The van der Waals surface area contributed by atoms with Crippen molar-refractivity contribution in [1.29, 1.82) is 0 Å². The highest BCUT2D eigenvalue weighted by molar-refractivity contribution is 6.08. The van der Waals surface area contributed by atoms with Crippen LogP contribution in [0.15, 0.2) is 34.9 Å². The summed E-state index contributed by atoms with van der Waals surface area (Å²) in [4.78, 5) is 13.4. The normalized spacial score (nSPS) is 42.4. The Kier molecular flexibility index (Phi) is 5.71. The third-order valence-electron chi connectivity index (χ3n) is 9.95. The summed E-state index contributed by atoms with van der Waals surface area (Å²) < 4.78 is 0. The quantitative estimate of drug-likeness (QED) is 0.561. The molecule has 3 nitrogen and oxygen atoms in total. The molecule has 31 heavy (non-hydrogen) atoms. The van der Waals surface area contributed by atoms with Crippen LogP contribution >= 0.6 is 0 Å². The SMILES string of the molecule is CC(C)[C@@H](C)/C=C/[C@@H](C)[C@H]1CC[C@]2(O)C3=C(CC[C@]12C)[C@@]1(C)CC[C@H](O)CC1=CC3=O. The van der Waals surface area contributed by atoms with Crippen molar-refractivity contribution in [3.63, 3.8) is 0 Å². The second-order valence-corrected chi connectivity index (χ2v) is 11.9. The van der Waals surface area contributed by atoms with Crippen LogP contribution in [-0.2, 0) is 4.79 Å². The number of hydrogen-bond donors (Lipinski definition) is 2. The molecule has 0 radical (unpaired) electrons. The van der Waals surface area contributed by atoms with Crippen molar-refractivity contribution in [2.45, 2.75) is 98.2 Å². The topological polar surface area (TPSA) is 57.5 Å². The Bertz CT molecular complexity index is 848. The van der Waals surface area contributed by atoms with E-state index in [9.17, 15) is 15.0 Å². The monoisotopic (exact) mass is 426 g/mol. The van der Waals surface area contributed by atoms with Crippen molar-refractivity contribution < 1.29 is 15.0 Å². The van der Waals surface area contributed by atoms with Crippen molar-refractivity contribution in [3.8, 4) is 0 Å². The average molecular weight is 427 g/mol. The Morgan fingerprint density at radius 1 is 1.06 bits per heavy atom. The molecule has 0 aromatic heterocycles. The van der Waals surface area contributed by atoms with E-state index < -0.39 is 5.60 Å². The fraction of sp³-hybridized carbons (Fsp3) is 0.750. The van der Waals surface area contributed by atoms with E-state index in [1.165, 1.54) is 5.57 Å². The van der Waals surface area contributed by atoms with Crippen LogP contribution in [0.3, 0.4) is 0 Å². The zero-order valence-corrected chi connectivity index (χ0v) is 20.4. The maximum Gasteiger partial charge on any atom is 0.184 e. The van der Waals surface area contributed by atoms with Crippen LogP contribution in [0, 0.1) is 34.5 Å². The predicted octanol–water partition coefficient (Wildman–Crippen LogP) is 5.77. The van der Waals surface area contributed by atoms with Gasteiger partial charge in [-0.25, -0.2) is 0 Å². The summed E-state index contributed by atoms with van der Waals surface area (Å²) >= 11 is 0. The van der Waals surface area contributed by atoms with Gasteiger partial charge in [-0.3, -0.25) is 4.79 Å². The lowest BCUT2D eigenvalue weighted by Gasteiger charge is -2.54. The summed E-state index contributed by atoms with van der Waals surface area (Å²) in [5, 5.41) is 22.4. The zero-order valence-electron chi connectivity index (χ0n) is 20.4. The second kappa shape index (κ2) is 7.70. The minimum absolute atomic E-state index is 0.00211. The number of carbonyl (C=O) groups is 1. The number of allylic oxidation sites excluding steroid dienone is 4. The summed E-state index contributed by atoms with van der Waals surface area (Å²) in [7, 11) is 0. The molecule has 0 heterocycles. The Balaban J connectivity index is 1.68. The molecule has 0 unspecified atom stereocenters. The molecule has 0 amide bonds. The van der Waals surface area contributed by atoms with E-state index in [4.69, 9.17) is 0 Å². The van der Waals surface area contributed by atoms with Gasteiger partial charge < -0.3 is 10.2 Å². The Morgan fingerprint density at radius 3 is 2.45 bits per heavy atom. The van der Waals surface area contributed by atoms with Gasteiger partial charge in [0, 0.05) is 16.4 Å². The van der Waals surface area contributed by atoms with Crippen molar-refractivity contribution in [2.24, 2.45) is 34.5 Å². The molecule has 0 aromatic carbocycles. The van der Waals surface area contributed by atoms with E-state index in [1.807, 2.05) is 0 Å². The number of rotatable bonds is 4. The van der Waals surface area contributed by atoms with E-state index in [2.05, 4.69) is 53.7 Å². The van der Waals surface area contributed by atoms with E-state index in [0.717, 1.165) is 43.3 Å². The van der Waals surface area contributed by atoms with Crippen molar-refractivity contribution in [1.82, 2.24) is 0 Å². The minimum Gasteiger partial charge on any atom is -0.393 e. The van der Waals surface area contributed by atoms with Crippen molar-refractivity contribution in [3.05, 3.63) is 34.9 Å². The second-order valence-electron chi connectivity index (χ2n) is 11.9. The van der Waals surface area contributed by atoms with Crippen LogP contribution in [0.1, 0.15) is 86.5 Å². The molecule has 4 aliphatic carbocycles. The van der Waals surface area contributed by atoms with E-state index in [0.29, 0.717) is 36.5 Å². The highest BCUT2D eigenvalue weighted by Gasteiger charge is 2.64. The molecule has 0 saturated heterocycles. The molecule has 0 bridgehead atoms. The molecule has 2 fully saturated rings. The van der Waals surface area contributed by atoms with Crippen LogP contribution in [0.5, 0.6) is 0 Å². The van der Waals surface area contributed by atoms with Gasteiger partial charge in [-0.2, -0.15) is 0 Å². The fourth-order valence-electron chi connectivity index (χ4n) is 7.28. The predicted molar refractivity (Wildman–Crippen MR) is 125 cm³/mol. The molecule has 0 aliphatic heterocycles. The maximum atomic E-state index is 13.4. The summed E-state index contributed by atoms with van der Waals surface area (Å²) in [6.45, 7) is 13.6. The van der Waals surface area contributed by atoms with Crippen LogP contribution in [0.4, 0.5) is 0 Å². The Hall–Kier alpha value is -1.19. The van der Waals surface area contributed by atoms with Crippen LogP contribution in [-0.4, -0.2) is 27.7 Å². The lowest BCUT2D eigenvalue weighted by atomic mass is 9.51. The number of aliphatic hydroxyl groups is 2. The molecule has 172 valence electrons. The molecule has 3 heteroatoms. The third-order valence-corrected chi connectivity index (χ3v) is 9.95. The van der Waals surface area contributed by atoms with Crippen LogP contribution < -0.4 is 0 Å². The molecule has 0 spiro atoms. The standard InChI is InChI=1S/C28H42O3/c1-17(2)18(3)7-8-19(4)22-11-14-28(31)25-23(10-13-27(22,28)6)26(5)12-9-21(29)15-20(26)16-24(25)30/h7-8,16-19,21-22,29,31H,9-15H2,1-6H3/b8-7+/t18-,19+,21-,22+,26-,27+,28-/m0/s1. The average Bonchev–Trinajstić information content (AvgIpc) is 2.98. The number of ketones is 1. The largest absolute Gasteiger partial charge is 0.393 e. The van der Waals surface area contributed by atoms with Crippen molar-refractivity contribution in [2.75, 3.05) is 0 Å². The summed E-state index contributed by atoms with van der Waals surface area (Å²) in [6.07, 6.45) is 11.8. The van der Waals surface area contributed by atoms with Crippen LogP contribution in [0.2, 0.25) is 0 Å². The van der Waals surface area contributed by atoms with Gasteiger partial charge in [0.2, 0.25) is 0 Å². The summed E-state index contributed by atoms with van der Waals surface area (Å²) in [5.41, 5.74) is 1.50. The van der Waals surface area contributed by atoms with Gasteiger partial charge >= 0.3 is 0 Å². The van der Waals surface area contributed by atoms with E-state index in [1.54, 1.807) is 6.08 Å². The van der Waals surface area contributed by atoms with Gasteiger partial charge in [-0.15, -0.1) is 0 Å². The first kappa shape index (κ1) is 23.0. The van der Waals surface area contributed by atoms with Gasteiger partial charge in [0.15, 0.2) is 5.78 Å². The number of fused-ring (bicyclic) bond motifs is 4. The molecule has 4 aliphatic rings. The van der Waals surface area contributed by atoms with Gasteiger partial charge in [0.05, 0.1) is 11.7 Å². The van der Waals surface area contributed by atoms with Gasteiger partial charge in [-0.05, 0) is 74.7 Å². The smallest absolute Gasteiger partial charge is 0.184 e. The van der Waals surface area contributed by atoms with E-state index >= 15 is 0 Å². The number of carbonyl (C=O) groups excluding carboxylic acids is 1. The number of hydrogen-bond acceptors (Lipinski definition) is 3. The summed E-state index contributed by atoms with van der Waals surface area (Å²) in [6, 6.07) is 0. The molecule has 2 saturated carbocycles. The molecule has 4 rings (SSSR count). The zero-order chi connectivity index (χ0) is 22.8. The highest BCUT2D eigenvalue weighted by Crippen LogP contribution is 2.66. The number of aliphatic hydroxyl groups excluding tert-OH is 1. The maximum absolute atomic E-state index is 13.4. The van der Waals surface area contributed by atoms with Crippen LogP contribution in [0.25, 0.3) is 0 Å². The molecule has 0 aromatic rings. The van der Waals surface area contributed by atoms with E-state index in [-0.39, 0.29) is 22.7 Å². The first-order valence-corrected chi connectivity index (χ1v) is 12.5. The Labute approximate surface area is 188 Å². The molecular weight excluding hydrogens is 384 g/mol. The fourth-order valence-corrected chi connectivity index (χ4v) is 7.28. The third kappa shape index (κ3) is 3.33. The van der Waals surface area contributed by atoms with Gasteiger partial charge in [0.1, 0.15) is 0 Å². The Morgan fingerprint density at radius 2 is 1.77 bits per heavy atom. The first-order chi connectivity index (χ1) is 14.4. The van der Waals surface area contributed by atoms with Crippen molar-refractivity contribution >= 4 is 5.78 Å². The van der Waals surface area contributed by atoms with Gasteiger partial charge in [-0.1, -0.05) is 64.8 Å². The first-order valence-electron chi connectivity index (χ1n) is 12.5. The lowest BCUT2D eigenvalue weighted by molar-refractivity contribution is -0.119. The molecular formula is C28H42O3. The highest BCUT2D eigenvalue weighted by atomic mass is 16.3. The van der Waals surface area contributed by atoms with Gasteiger partial charge in [0.25, 0.3) is 0 Å². The summed E-state index contributed by atoms with van der Waals surface area (Å²) in [5.74, 6) is 1.93. The molecule has 2 N–H and O–H groups in total.